The predicted octanol–water partition coefficient (Wildman–Crippen LogP) is 2.13. The van der Waals surface area contributed by atoms with Gasteiger partial charge in [-0.05, 0) is 42.2 Å². The normalized spacial score (nSPS) is 13.6. The van der Waals surface area contributed by atoms with Crippen molar-refractivity contribution in [1.29, 1.82) is 0 Å². The molecule has 0 amide bonds. The highest BCUT2D eigenvalue weighted by Crippen LogP contribution is 2.29. The van der Waals surface area contributed by atoms with Crippen LogP contribution in [0.25, 0.3) is 0 Å². The van der Waals surface area contributed by atoms with Gasteiger partial charge in [0.05, 0.1) is 0 Å². The molecule has 1 unspecified atom stereocenters. The van der Waals surface area contributed by atoms with E-state index in [9.17, 15) is 14.3 Å². The highest BCUT2D eigenvalue weighted by atomic mass is 19.1. The number of carbonyl (C=O) groups is 1. The number of halogens is 1. The number of nitrogens with zero attached hydrogens (tertiary/aromatic N) is 1. The maximum Gasteiger partial charge on any atom is 0.315 e. The molecule has 2 rings (SSSR count). The van der Waals surface area contributed by atoms with Crippen molar-refractivity contribution in [3.63, 3.8) is 0 Å². The lowest BCUT2D eigenvalue weighted by Crippen LogP contribution is -2.43. The second-order valence-electron chi connectivity index (χ2n) is 4.96. The Morgan fingerprint density at radius 2 is 2.14 bits per heavy atom. The Morgan fingerprint density at radius 1 is 1.33 bits per heavy atom. The first-order valence-corrected chi connectivity index (χ1v) is 6.67. The molecule has 5 heteroatoms. The zero-order chi connectivity index (χ0) is 15.3. The van der Waals surface area contributed by atoms with Crippen LogP contribution in [0.2, 0.25) is 0 Å². The third-order valence-corrected chi connectivity index (χ3v) is 3.70. The van der Waals surface area contributed by atoms with Gasteiger partial charge >= 0.3 is 5.97 Å². The van der Waals surface area contributed by atoms with Crippen LogP contribution in [0.1, 0.15) is 17.5 Å². The first-order chi connectivity index (χ1) is 10.1. The van der Waals surface area contributed by atoms with Crippen molar-refractivity contribution in [3.8, 4) is 0 Å². The molecule has 0 spiro atoms. The van der Waals surface area contributed by atoms with E-state index < -0.39 is 17.2 Å². The van der Waals surface area contributed by atoms with Gasteiger partial charge in [-0.15, -0.1) is 0 Å². The van der Waals surface area contributed by atoms with Crippen LogP contribution >= 0.6 is 0 Å². The Bertz CT molecular complexity index is 619. The van der Waals surface area contributed by atoms with Gasteiger partial charge in [-0.2, -0.15) is 0 Å². The maximum absolute atomic E-state index is 13.4. The second-order valence-corrected chi connectivity index (χ2v) is 4.96. The number of hydrogen-bond acceptors (Lipinski definition) is 3. The first kappa shape index (κ1) is 15.1. The highest BCUT2D eigenvalue weighted by Gasteiger charge is 2.39. The minimum absolute atomic E-state index is 0.0912. The van der Waals surface area contributed by atoms with Crippen LogP contribution < -0.4 is 5.73 Å². The van der Waals surface area contributed by atoms with Crippen LogP contribution in [0.5, 0.6) is 0 Å². The molecule has 0 saturated heterocycles. The van der Waals surface area contributed by atoms with E-state index in [1.165, 1.54) is 18.2 Å². The zero-order valence-corrected chi connectivity index (χ0v) is 11.5. The van der Waals surface area contributed by atoms with Crippen molar-refractivity contribution < 1.29 is 14.3 Å². The van der Waals surface area contributed by atoms with Gasteiger partial charge in [0.15, 0.2) is 0 Å². The molecule has 3 N–H and O–H groups in total. The van der Waals surface area contributed by atoms with E-state index in [4.69, 9.17) is 5.73 Å². The van der Waals surface area contributed by atoms with Crippen molar-refractivity contribution in [2.45, 2.75) is 18.3 Å². The van der Waals surface area contributed by atoms with E-state index in [1.807, 2.05) is 6.07 Å². The monoisotopic (exact) mass is 288 g/mol. The summed E-state index contributed by atoms with van der Waals surface area (Å²) in [7, 11) is 0. The lowest BCUT2D eigenvalue weighted by molar-refractivity contribution is -0.143. The molecule has 2 aromatic rings. The van der Waals surface area contributed by atoms with E-state index >= 15 is 0 Å². The van der Waals surface area contributed by atoms with Gasteiger partial charge in [0.1, 0.15) is 11.2 Å². The molecule has 1 heterocycles. The summed E-state index contributed by atoms with van der Waals surface area (Å²) in [5.41, 5.74) is 5.76. The molecule has 0 aliphatic heterocycles. The van der Waals surface area contributed by atoms with Crippen LogP contribution in [0.3, 0.4) is 0 Å². The molecule has 1 atom stereocenters. The van der Waals surface area contributed by atoms with Crippen LogP contribution in [0.4, 0.5) is 4.39 Å². The summed E-state index contributed by atoms with van der Waals surface area (Å²) < 4.78 is 13.4. The fraction of sp³-hybridized carbons (Fsp3) is 0.250. The number of aromatic nitrogens is 1. The van der Waals surface area contributed by atoms with Gasteiger partial charge in [0, 0.05) is 18.9 Å². The van der Waals surface area contributed by atoms with Crippen molar-refractivity contribution in [2.24, 2.45) is 5.73 Å². The molecular weight excluding hydrogens is 271 g/mol. The van der Waals surface area contributed by atoms with Gasteiger partial charge < -0.3 is 10.8 Å². The third kappa shape index (κ3) is 3.25. The average Bonchev–Trinajstić information content (AvgIpc) is 2.49. The van der Waals surface area contributed by atoms with E-state index in [1.54, 1.807) is 24.5 Å². The van der Waals surface area contributed by atoms with E-state index in [2.05, 4.69) is 4.98 Å². The molecule has 0 saturated carbocycles. The second kappa shape index (κ2) is 6.45. The molecule has 0 bridgehead atoms. The molecular formula is C16H17FN2O2. The van der Waals surface area contributed by atoms with E-state index in [0.29, 0.717) is 12.0 Å². The molecule has 0 radical (unpaired) electrons. The van der Waals surface area contributed by atoms with Crippen molar-refractivity contribution in [2.75, 3.05) is 6.54 Å². The van der Waals surface area contributed by atoms with Crippen LogP contribution in [-0.2, 0) is 16.6 Å². The Hall–Kier alpha value is -2.27. The zero-order valence-electron chi connectivity index (χ0n) is 11.5. The summed E-state index contributed by atoms with van der Waals surface area (Å²) in [6, 6.07) is 9.30. The van der Waals surface area contributed by atoms with Crippen LogP contribution in [0.15, 0.2) is 48.8 Å². The molecule has 0 fully saturated rings. The van der Waals surface area contributed by atoms with E-state index in [0.717, 1.165) is 5.56 Å². The van der Waals surface area contributed by atoms with Gasteiger partial charge in [-0.1, -0.05) is 18.2 Å². The van der Waals surface area contributed by atoms with E-state index in [-0.39, 0.29) is 13.0 Å². The molecule has 21 heavy (non-hydrogen) atoms. The summed E-state index contributed by atoms with van der Waals surface area (Å²) in [5, 5.41) is 9.63. The molecule has 0 aliphatic carbocycles. The van der Waals surface area contributed by atoms with Crippen molar-refractivity contribution in [1.82, 2.24) is 4.98 Å². The lowest BCUT2D eigenvalue weighted by atomic mass is 9.76. The molecule has 1 aromatic heterocycles. The number of pyridine rings is 1. The summed E-state index contributed by atoms with van der Waals surface area (Å²) in [6.45, 7) is -0.0912. The Balaban J connectivity index is 2.31. The fourth-order valence-corrected chi connectivity index (χ4v) is 2.37. The number of aryl methyl sites for hydroxylation is 1. The smallest absolute Gasteiger partial charge is 0.315 e. The molecule has 4 nitrogen and oxygen atoms in total. The lowest BCUT2D eigenvalue weighted by Gasteiger charge is -2.28. The Morgan fingerprint density at radius 3 is 2.71 bits per heavy atom. The standard InChI is InChI=1S/C16H17FN2O2/c17-14-5-1-4-13(9-14)16(11-18,15(20)21)7-6-12-3-2-8-19-10-12/h1-5,8-10H,6-7,11,18H2,(H,20,21). The van der Waals surface area contributed by atoms with Gasteiger partial charge in [-0.25, -0.2) is 4.39 Å². The number of benzene rings is 1. The van der Waals surface area contributed by atoms with Crippen LogP contribution in [-0.4, -0.2) is 22.6 Å². The number of nitrogens with two attached hydrogens (primary N) is 1. The molecule has 110 valence electrons. The Labute approximate surface area is 122 Å². The summed E-state index contributed by atoms with van der Waals surface area (Å²) >= 11 is 0. The van der Waals surface area contributed by atoms with Crippen LogP contribution in [0, 0.1) is 5.82 Å². The SMILES string of the molecule is NCC(CCc1cccnc1)(C(=O)O)c1cccc(F)c1. The van der Waals surface area contributed by atoms with Gasteiger partial charge in [0.25, 0.3) is 0 Å². The fourth-order valence-electron chi connectivity index (χ4n) is 2.37. The number of hydrogen-bond donors (Lipinski definition) is 2. The van der Waals surface area contributed by atoms with Crippen molar-refractivity contribution in [3.05, 3.63) is 65.7 Å². The highest BCUT2D eigenvalue weighted by molar-refractivity contribution is 5.81. The molecule has 1 aromatic carbocycles. The Kier molecular flexibility index (Phi) is 4.65. The number of carboxylic acid groups (broad SMARTS) is 1. The van der Waals surface area contributed by atoms with Gasteiger partial charge in [0.2, 0.25) is 0 Å². The largest absolute Gasteiger partial charge is 0.481 e. The third-order valence-electron chi connectivity index (χ3n) is 3.70. The van der Waals surface area contributed by atoms with Gasteiger partial charge in [-0.3, -0.25) is 9.78 Å². The number of rotatable bonds is 6. The maximum atomic E-state index is 13.4. The topological polar surface area (TPSA) is 76.2 Å². The molecule has 0 aliphatic rings. The minimum Gasteiger partial charge on any atom is -0.481 e. The summed E-state index contributed by atoms with van der Waals surface area (Å²) in [5.74, 6) is -1.51. The first-order valence-electron chi connectivity index (χ1n) is 6.67. The summed E-state index contributed by atoms with van der Waals surface area (Å²) in [6.07, 6.45) is 4.14. The summed E-state index contributed by atoms with van der Waals surface area (Å²) in [4.78, 5) is 15.8. The average molecular weight is 288 g/mol. The predicted molar refractivity (Wildman–Crippen MR) is 77.3 cm³/mol. The van der Waals surface area contributed by atoms with Crippen molar-refractivity contribution >= 4 is 5.97 Å². The quantitative estimate of drug-likeness (QED) is 0.853. The minimum atomic E-state index is -1.29. The number of aliphatic carboxylic acids is 1. The number of carboxylic acids is 1.